The molecule has 3 nitrogen and oxygen atoms in total. The molecule has 3 heteroatoms. The third-order valence-electron chi connectivity index (χ3n) is 4.89. The molecule has 0 aromatic carbocycles. The first-order chi connectivity index (χ1) is 8.45. The molecule has 106 valence electrons. The van der Waals surface area contributed by atoms with Crippen molar-refractivity contribution in [2.75, 3.05) is 13.6 Å². The van der Waals surface area contributed by atoms with Gasteiger partial charge in [0.1, 0.15) is 0 Å². The monoisotopic (exact) mass is 255 g/mol. The van der Waals surface area contributed by atoms with Crippen LogP contribution in [0.4, 0.5) is 0 Å². The van der Waals surface area contributed by atoms with Gasteiger partial charge in [-0.05, 0) is 38.6 Å². The Labute approximate surface area is 112 Å². The molecule has 2 atom stereocenters. The summed E-state index contributed by atoms with van der Waals surface area (Å²) in [5.41, 5.74) is -0.560. The first kappa shape index (κ1) is 15.5. The zero-order valence-corrected chi connectivity index (χ0v) is 12.4. The molecular weight excluding hydrogens is 226 g/mol. The number of aliphatic carboxylic acids is 1. The van der Waals surface area contributed by atoms with E-state index in [1.54, 1.807) is 0 Å². The number of carboxylic acid groups (broad SMARTS) is 1. The lowest BCUT2D eigenvalue weighted by Gasteiger charge is -2.39. The molecule has 18 heavy (non-hydrogen) atoms. The van der Waals surface area contributed by atoms with E-state index >= 15 is 0 Å². The molecule has 1 aliphatic rings. The second-order valence-electron chi connectivity index (χ2n) is 6.13. The minimum absolute atomic E-state index is 0.560. The summed E-state index contributed by atoms with van der Waals surface area (Å²) >= 11 is 0. The third-order valence-corrected chi connectivity index (χ3v) is 4.89. The van der Waals surface area contributed by atoms with Gasteiger partial charge in [-0.1, -0.05) is 33.6 Å². The summed E-state index contributed by atoms with van der Waals surface area (Å²) in [7, 11) is 2.10. The summed E-state index contributed by atoms with van der Waals surface area (Å²) in [6, 6.07) is 0.575. The van der Waals surface area contributed by atoms with Crippen molar-refractivity contribution in [3.8, 4) is 0 Å². The van der Waals surface area contributed by atoms with E-state index in [0.717, 1.165) is 5.92 Å². The molecule has 0 spiro atoms. The van der Waals surface area contributed by atoms with E-state index in [4.69, 9.17) is 0 Å². The van der Waals surface area contributed by atoms with E-state index in [1.807, 2.05) is 13.8 Å². The molecule has 2 unspecified atom stereocenters. The maximum absolute atomic E-state index is 11.5. The van der Waals surface area contributed by atoms with Gasteiger partial charge in [0.15, 0.2) is 0 Å². The lowest BCUT2D eigenvalue weighted by molar-refractivity contribution is -0.151. The van der Waals surface area contributed by atoms with Crippen LogP contribution >= 0.6 is 0 Å². The largest absolute Gasteiger partial charge is 0.481 e. The van der Waals surface area contributed by atoms with E-state index in [9.17, 15) is 9.90 Å². The minimum Gasteiger partial charge on any atom is -0.481 e. The first-order valence-corrected chi connectivity index (χ1v) is 7.38. The van der Waals surface area contributed by atoms with Crippen molar-refractivity contribution < 1.29 is 9.90 Å². The highest BCUT2D eigenvalue weighted by Gasteiger charge is 2.37. The van der Waals surface area contributed by atoms with Crippen molar-refractivity contribution in [1.82, 2.24) is 4.90 Å². The molecule has 0 aliphatic heterocycles. The Balaban J connectivity index is 2.66. The molecule has 0 bridgehead atoms. The van der Waals surface area contributed by atoms with Crippen molar-refractivity contribution in [3.63, 3.8) is 0 Å². The Morgan fingerprint density at radius 2 is 1.94 bits per heavy atom. The SMILES string of the molecule is CCC(CC)(CN(C)C1CCCC(C)C1)C(=O)O. The summed E-state index contributed by atoms with van der Waals surface area (Å²) < 4.78 is 0. The molecule has 1 rings (SSSR count). The number of carbonyl (C=O) groups is 1. The highest BCUT2D eigenvalue weighted by Crippen LogP contribution is 2.32. The van der Waals surface area contributed by atoms with Crippen LogP contribution in [0.5, 0.6) is 0 Å². The second kappa shape index (κ2) is 6.55. The van der Waals surface area contributed by atoms with Gasteiger partial charge < -0.3 is 10.0 Å². The number of rotatable bonds is 6. The summed E-state index contributed by atoms with van der Waals surface area (Å²) in [6.45, 7) is 6.99. The molecule has 1 fully saturated rings. The minimum atomic E-state index is -0.636. The Hall–Kier alpha value is -0.570. The van der Waals surface area contributed by atoms with E-state index in [0.29, 0.717) is 25.4 Å². The van der Waals surface area contributed by atoms with E-state index in [-0.39, 0.29) is 0 Å². The maximum Gasteiger partial charge on any atom is 0.310 e. The average Bonchev–Trinajstić information content (AvgIpc) is 2.35. The van der Waals surface area contributed by atoms with Gasteiger partial charge in [-0.25, -0.2) is 0 Å². The lowest BCUT2D eigenvalue weighted by atomic mass is 9.80. The smallest absolute Gasteiger partial charge is 0.310 e. The van der Waals surface area contributed by atoms with Crippen LogP contribution in [0.25, 0.3) is 0 Å². The second-order valence-corrected chi connectivity index (χ2v) is 6.13. The maximum atomic E-state index is 11.5. The average molecular weight is 255 g/mol. The highest BCUT2D eigenvalue weighted by atomic mass is 16.4. The molecule has 1 N–H and O–H groups in total. The summed E-state index contributed by atoms with van der Waals surface area (Å²) in [6.07, 6.45) is 6.49. The van der Waals surface area contributed by atoms with Gasteiger partial charge in [0.25, 0.3) is 0 Å². The van der Waals surface area contributed by atoms with Crippen LogP contribution in [0.2, 0.25) is 0 Å². The summed E-state index contributed by atoms with van der Waals surface area (Å²) in [5.74, 6) is 0.150. The quantitative estimate of drug-likeness (QED) is 0.791. The van der Waals surface area contributed by atoms with Gasteiger partial charge in [-0.15, -0.1) is 0 Å². The topological polar surface area (TPSA) is 40.5 Å². The molecule has 1 saturated carbocycles. The van der Waals surface area contributed by atoms with E-state index < -0.39 is 11.4 Å². The molecule has 0 amide bonds. The van der Waals surface area contributed by atoms with Crippen LogP contribution in [-0.2, 0) is 4.79 Å². The Morgan fingerprint density at radius 3 is 2.39 bits per heavy atom. The summed E-state index contributed by atoms with van der Waals surface area (Å²) in [5, 5.41) is 9.50. The molecule has 0 aromatic rings. The first-order valence-electron chi connectivity index (χ1n) is 7.38. The van der Waals surface area contributed by atoms with Gasteiger partial charge in [-0.2, -0.15) is 0 Å². The van der Waals surface area contributed by atoms with Crippen molar-refractivity contribution in [3.05, 3.63) is 0 Å². The molecule has 0 aromatic heterocycles. The molecular formula is C15H29NO2. The number of hydrogen-bond acceptors (Lipinski definition) is 2. The molecule has 0 heterocycles. The third kappa shape index (κ3) is 3.47. The Kier molecular flexibility index (Phi) is 5.64. The predicted molar refractivity (Wildman–Crippen MR) is 74.7 cm³/mol. The molecule has 0 saturated heterocycles. The van der Waals surface area contributed by atoms with Crippen LogP contribution in [0.15, 0.2) is 0 Å². The molecule has 1 aliphatic carbocycles. The zero-order chi connectivity index (χ0) is 13.8. The van der Waals surface area contributed by atoms with Gasteiger partial charge in [0.2, 0.25) is 0 Å². The van der Waals surface area contributed by atoms with Crippen LogP contribution in [0, 0.1) is 11.3 Å². The van der Waals surface area contributed by atoms with Gasteiger partial charge >= 0.3 is 5.97 Å². The Morgan fingerprint density at radius 1 is 1.33 bits per heavy atom. The van der Waals surface area contributed by atoms with Gasteiger partial charge in [0.05, 0.1) is 5.41 Å². The van der Waals surface area contributed by atoms with Crippen LogP contribution in [0.3, 0.4) is 0 Å². The van der Waals surface area contributed by atoms with Gasteiger partial charge in [0, 0.05) is 12.6 Å². The number of nitrogens with zero attached hydrogens (tertiary/aromatic N) is 1. The standard InChI is InChI=1S/C15H29NO2/c1-5-15(6-2,14(17)18)11-16(4)13-9-7-8-12(3)10-13/h12-13H,5-11H2,1-4H3,(H,17,18). The van der Waals surface area contributed by atoms with Crippen LogP contribution < -0.4 is 0 Å². The summed E-state index contributed by atoms with van der Waals surface area (Å²) in [4.78, 5) is 13.8. The van der Waals surface area contributed by atoms with Gasteiger partial charge in [-0.3, -0.25) is 4.79 Å². The number of carboxylic acids is 1. The Bertz CT molecular complexity index is 274. The lowest BCUT2D eigenvalue weighted by Crippen LogP contribution is -2.46. The van der Waals surface area contributed by atoms with E-state index in [2.05, 4.69) is 18.9 Å². The fraction of sp³-hybridized carbons (Fsp3) is 0.933. The van der Waals surface area contributed by atoms with Crippen molar-refractivity contribution in [2.24, 2.45) is 11.3 Å². The fourth-order valence-corrected chi connectivity index (χ4v) is 3.25. The fourth-order valence-electron chi connectivity index (χ4n) is 3.25. The molecule has 0 radical (unpaired) electrons. The van der Waals surface area contributed by atoms with Crippen LogP contribution in [-0.4, -0.2) is 35.6 Å². The normalized spacial score (nSPS) is 25.4. The highest BCUT2D eigenvalue weighted by molar-refractivity contribution is 5.74. The van der Waals surface area contributed by atoms with Crippen LogP contribution in [0.1, 0.15) is 59.3 Å². The number of hydrogen-bond donors (Lipinski definition) is 1. The predicted octanol–water partition coefficient (Wildman–Crippen LogP) is 3.39. The van der Waals surface area contributed by atoms with Crippen molar-refractivity contribution in [1.29, 1.82) is 0 Å². The van der Waals surface area contributed by atoms with Crippen molar-refractivity contribution in [2.45, 2.75) is 65.3 Å². The zero-order valence-electron chi connectivity index (χ0n) is 12.4. The van der Waals surface area contributed by atoms with E-state index in [1.165, 1.54) is 25.7 Å². The van der Waals surface area contributed by atoms with Crippen molar-refractivity contribution >= 4 is 5.97 Å².